The van der Waals surface area contributed by atoms with E-state index >= 15 is 0 Å². The zero-order chi connectivity index (χ0) is 10.1. The number of nitrogens with two attached hydrogens (primary N) is 1. The second-order valence-corrected chi connectivity index (χ2v) is 5.15. The third-order valence-electron chi connectivity index (χ3n) is 2.99. The Morgan fingerprint density at radius 2 is 2.15 bits per heavy atom. The van der Waals surface area contributed by atoms with Crippen molar-refractivity contribution in [2.75, 3.05) is 19.7 Å². The van der Waals surface area contributed by atoms with Gasteiger partial charge in [-0.15, -0.1) is 0 Å². The molecule has 0 aromatic carbocycles. The molecule has 0 spiro atoms. The van der Waals surface area contributed by atoms with Gasteiger partial charge in [0.05, 0.1) is 6.61 Å². The highest BCUT2D eigenvalue weighted by atomic mass is 16.3. The van der Waals surface area contributed by atoms with Crippen molar-refractivity contribution in [1.29, 1.82) is 0 Å². The Morgan fingerprint density at radius 3 is 2.54 bits per heavy atom. The summed E-state index contributed by atoms with van der Waals surface area (Å²) in [6.45, 7) is 8.35. The Kier molecular flexibility index (Phi) is 3.00. The Bertz CT molecular complexity index is 178. The Morgan fingerprint density at radius 1 is 1.54 bits per heavy atom. The highest BCUT2D eigenvalue weighted by Crippen LogP contribution is 2.28. The van der Waals surface area contributed by atoms with Crippen LogP contribution in [0.2, 0.25) is 0 Å². The van der Waals surface area contributed by atoms with Gasteiger partial charge < -0.3 is 10.8 Å². The van der Waals surface area contributed by atoms with Gasteiger partial charge in [-0.05, 0) is 40.2 Å². The molecule has 0 aromatic rings. The molecule has 78 valence electrons. The van der Waals surface area contributed by atoms with Crippen molar-refractivity contribution >= 4 is 0 Å². The molecular weight excluding hydrogens is 164 g/mol. The second-order valence-electron chi connectivity index (χ2n) is 5.15. The van der Waals surface area contributed by atoms with Gasteiger partial charge in [-0.1, -0.05) is 0 Å². The molecular formula is C10H22N2O. The summed E-state index contributed by atoms with van der Waals surface area (Å²) in [5.41, 5.74) is 5.73. The van der Waals surface area contributed by atoms with Crippen LogP contribution in [-0.4, -0.2) is 40.8 Å². The number of hydrogen-bond donors (Lipinski definition) is 2. The molecule has 1 fully saturated rings. The minimum atomic E-state index is -0.457. The number of aliphatic hydroxyl groups excluding tert-OH is 1. The highest BCUT2D eigenvalue weighted by molar-refractivity contribution is 4.93. The monoisotopic (exact) mass is 186 g/mol. The molecule has 3 nitrogen and oxygen atoms in total. The topological polar surface area (TPSA) is 49.5 Å². The van der Waals surface area contributed by atoms with Crippen LogP contribution in [0.4, 0.5) is 0 Å². The number of likely N-dealkylation sites (tertiary alicyclic amines) is 1. The molecule has 1 rings (SSSR count). The van der Waals surface area contributed by atoms with E-state index in [9.17, 15) is 0 Å². The number of rotatable bonds is 3. The minimum absolute atomic E-state index is 0.0551. The summed E-state index contributed by atoms with van der Waals surface area (Å²) in [6.07, 6.45) is 2.48. The smallest absolute Gasteiger partial charge is 0.0621 e. The van der Waals surface area contributed by atoms with Gasteiger partial charge in [-0.25, -0.2) is 0 Å². The van der Waals surface area contributed by atoms with Gasteiger partial charge in [0.2, 0.25) is 0 Å². The standard InChI is InChI=1S/C10H22N2O/c1-9(2)5-4-6-12(9)7-10(3,11)8-13/h13H,4-8,11H2,1-3H3. The summed E-state index contributed by atoms with van der Waals surface area (Å²) in [4.78, 5) is 2.38. The predicted molar refractivity (Wildman–Crippen MR) is 54.6 cm³/mol. The number of aliphatic hydroxyl groups is 1. The SMILES string of the molecule is CC(N)(CO)CN1CCCC1(C)C. The van der Waals surface area contributed by atoms with Crippen LogP contribution in [0.15, 0.2) is 0 Å². The molecule has 1 saturated heterocycles. The lowest BCUT2D eigenvalue weighted by Gasteiger charge is -2.37. The number of nitrogens with zero attached hydrogens (tertiary/aromatic N) is 1. The van der Waals surface area contributed by atoms with Crippen molar-refractivity contribution in [3.05, 3.63) is 0 Å². The van der Waals surface area contributed by atoms with Gasteiger partial charge in [0, 0.05) is 17.6 Å². The largest absolute Gasteiger partial charge is 0.394 e. The average Bonchev–Trinajstić information content (AvgIpc) is 2.31. The molecule has 0 amide bonds. The quantitative estimate of drug-likeness (QED) is 0.677. The molecule has 0 bridgehead atoms. The fourth-order valence-corrected chi connectivity index (χ4v) is 1.94. The van der Waals surface area contributed by atoms with E-state index in [1.165, 1.54) is 12.8 Å². The van der Waals surface area contributed by atoms with E-state index in [0.717, 1.165) is 13.1 Å². The van der Waals surface area contributed by atoms with Crippen molar-refractivity contribution < 1.29 is 5.11 Å². The van der Waals surface area contributed by atoms with Crippen molar-refractivity contribution in [3.63, 3.8) is 0 Å². The lowest BCUT2D eigenvalue weighted by atomic mass is 9.98. The molecule has 1 aliphatic rings. The lowest BCUT2D eigenvalue weighted by molar-refractivity contribution is 0.106. The molecule has 1 atom stereocenters. The summed E-state index contributed by atoms with van der Waals surface area (Å²) >= 11 is 0. The van der Waals surface area contributed by atoms with Gasteiger partial charge >= 0.3 is 0 Å². The molecule has 0 saturated carbocycles. The van der Waals surface area contributed by atoms with Gasteiger partial charge in [-0.3, -0.25) is 4.90 Å². The van der Waals surface area contributed by atoms with Gasteiger partial charge in [-0.2, -0.15) is 0 Å². The van der Waals surface area contributed by atoms with E-state index < -0.39 is 5.54 Å². The molecule has 13 heavy (non-hydrogen) atoms. The molecule has 1 heterocycles. The highest BCUT2D eigenvalue weighted by Gasteiger charge is 2.35. The summed E-state index contributed by atoms with van der Waals surface area (Å²) in [5, 5.41) is 9.07. The van der Waals surface area contributed by atoms with Crippen molar-refractivity contribution in [1.82, 2.24) is 4.90 Å². The van der Waals surface area contributed by atoms with Crippen LogP contribution in [-0.2, 0) is 0 Å². The van der Waals surface area contributed by atoms with Crippen molar-refractivity contribution in [3.8, 4) is 0 Å². The van der Waals surface area contributed by atoms with Crippen LogP contribution >= 0.6 is 0 Å². The molecule has 1 aliphatic heterocycles. The fraction of sp³-hybridized carbons (Fsp3) is 1.00. The molecule has 0 aromatic heterocycles. The first kappa shape index (κ1) is 11.0. The van der Waals surface area contributed by atoms with E-state index in [1.807, 2.05) is 6.92 Å². The first-order valence-electron chi connectivity index (χ1n) is 5.02. The minimum Gasteiger partial charge on any atom is -0.394 e. The first-order valence-corrected chi connectivity index (χ1v) is 5.02. The maximum atomic E-state index is 9.07. The third-order valence-corrected chi connectivity index (χ3v) is 2.99. The Balaban J connectivity index is 2.54. The van der Waals surface area contributed by atoms with Crippen molar-refractivity contribution in [2.45, 2.75) is 44.7 Å². The summed E-state index contributed by atoms with van der Waals surface area (Å²) in [7, 11) is 0. The maximum Gasteiger partial charge on any atom is 0.0621 e. The molecule has 3 N–H and O–H groups in total. The van der Waals surface area contributed by atoms with Crippen molar-refractivity contribution in [2.24, 2.45) is 5.73 Å². The normalized spacial score (nSPS) is 27.5. The van der Waals surface area contributed by atoms with E-state index in [-0.39, 0.29) is 12.1 Å². The third kappa shape index (κ3) is 2.66. The van der Waals surface area contributed by atoms with Crippen LogP contribution in [0.5, 0.6) is 0 Å². The van der Waals surface area contributed by atoms with Gasteiger partial charge in [0.1, 0.15) is 0 Å². The predicted octanol–water partition coefficient (Wildman–Crippen LogP) is 0.570. The Labute approximate surface area is 80.9 Å². The molecule has 1 unspecified atom stereocenters. The second kappa shape index (κ2) is 3.56. The zero-order valence-electron chi connectivity index (χ0n) is 9.01. The summed E-state index contributed by atoms with van der Waals surface area (Å²) in [5.74, 6) is 0. The van der Waals surface area contributed by atoms with E-state index in [2.05, 4.69) is 18.7 Å². The molecule has 0 aliphatic carbocycles. The molecule has 3 heteroatoms. The van der Waals surface area contributed by atoms with Crippen LogP contribution in [0, 0.1) is 0 Å². The van der Waals surface area contributed by atoms with Crippen LogP contribution < -0.4 is 5.73 Å². The van der Waals surface area contributed by atoms with Crippen LogP contribution in [0.1, 0.15) is 33.6 Å². The Hall–Kier alpha value is -0.120. The van der Waals surface area contributed by atoms with E-state index in [4.69, 9.17) is 10.8 Å². The number of hydrogen-bond acceptors (Lipinski definition) is 3. The lowest BCUT2D eigenvalue weighted by Crippen LogP contribution is -2.54. The van der Waals surface area contributed by atoms with Gasteiger partial charge in [0.25, 0.3) is 0 Å². The first-order chi connectivity index (χ1) is 5.87. The summed E-state index contributed by atoms with van der Waals surface area (Å²) in [6, 6.07) is 0. The fourth-order valence-electron chi connectivity index (χ4n) is 1.94. The summed E-state index contributed by atoms with van der Waals surface area (Å²) < 4.78 is 0. The van der Waals surface area contributed by atoms with E-state index in [1.54, 1.807) is 0 Å². The van der Waals surface area contributed by atoms with Crippen LogP contribution in [0.3, 0.4) is 0 Å². The zero-order valence-corrected chi connectivity index (χ0v) is 9.01. The molecule has 0 radical (unpaired) electrons. The van der Waals surface area contributed by atoms with Gasteiger partial charge in [0.15, 0.2) is 0 Å². The van der Waals surface area contributed by atoms with E-state index in [0.29, 0.717) is 0 Å². The average molecular weight is 186 g/mol. The van der Waals surface area contributed by atoms with Crippen LogP contribution in [0.25, 0.3) is 0 Å². The maximum absolute atomic E-state index is 9.07.